The summed E-state index contributed by atoms with van der Waals surface area (Å²) in [6.07, 6.45) is 9.74. The standard InChI is InChI=1S/C12H22O2/c1-4-5-6-7-8-11(2)9-10-12(13)14-3/h9-11H,4-8H2,1-3H3/b10-9+. The Bertz CT molecular complexity index is 173. The first kappa shape index (κ1) is 13.2. The van der Waals surface area contributed by atoms with Crippen LogP contribution in [0.1, 0.15) is 46.0 Å². The molecule has 0 spiro atoms. The summed E-state index contributed by atoms with van der Waals surface area (Å²) in [6.45, 7) is 4.34. The molecule has 82 valence electrons. The van der Waals surface area contributed by atoms with Crippen molar-refractivity contribution in [3.05, 3.63) is 12.2 Å². The molecule has 0 aromatic rings. The van der Waals surface area contributed by atoms with E-state index in [9.17, 15) is 4.79 Å². The number of esters is 1. The fourth-order valence-corrected chi connectivity index (χ4v) is 1.30. The molecule has 0 N–H and O–H groups in total. The Kier molecular flexibility index (Phi) is 8.30. The molecule has 0 aliphatic rings. The molecule has 1 unspecified atom stereocenters. The maximum atomic E-state index is 10.8. The van der Waals surface area contributed by atoms with E-state index in [2.05, 4.69) is 18.6 Å². The van der Waals surface area contributed by atoms with E-state index in [1.165, 1.54) is 38.9 Å². The van der Waals surface area contributed by atoms with Crippen molar-refractivity contribution in [3.63, 3.8) is 0 Å². The second-order valence-corrected chi connectivity index (χ2v) is 3.71. The third-order valence-corrected chi connectivity index (χ3v) is 2.28. The van der Waals surface area contributed by atoms with Gasteiger partial charge in [0.05, 0.1) is 7.11 Å². The van der Waals surface area contributed by atoms with Gasteiger partial charge < -0.3 is 4.74 Å². The van der Waals surface area contributed by atoms with Crippen molar-refractivity contribution in [2.75, 3.05) is 7.11 Å². The molecule has 0 aromatic heterocycles. The average molecular weight is 198 g/mol. The van der Waals surface area contributed by atoms with Crippen LogP contribution in [-0.4, -0.2) is 13.1 Å². The molecule has 0 aromatic carbocycles. The van der Waals surface area contributed by atoms with E-state index in [4.69, 9.17) is 0 Å². The molecule has 0 heterocycles. The zero-order valence-corrected chi connectivity index (χ0v) is 9.58. The molecule has 0 amide bonds. The highest BCUT2D eigenvalue weighted by Gasteiger charge is 1.98. The third-order valence-electron chi connectivity index (χ3n) is 2.28. The van der Waals surface area contributed by atoms with Crippen molar-refractivity contribution in [1.82, 2.24) is 0 Å². The summed E-state index contributed by atoms with van der Waals surface area (Å²) < 4.78 is 4.52. The summed E-state index contributed by atoms with van der Waals surface area (Å²) in [7, 11) is 1.40. The van der Waals surface area contributed by atoms with Gasteiger partial charge >= 0.3 is 5.97 Å². The SMILES string of the molecule is CCCCCCC(C)/C=C/C(=O)OC. The topological polar surface area (TPSA) is 26.3 Å². The first-order valence-corrected chi connectivity index (χ1v) is 5.46. The Morgan fingerprint density at radius 1 is 1.36 bits per heavy atom. The summed E-state index contributed by atoms with van der Waals surface area (Å²) in [4.78, 5) is 10.8. The Labute approximate surface area is 87.3 Å². The molecule has 0 rings (SSSR count). The van der Waals surface area contributed by atoms with E-state index in [-0.39, 0.29) is 5.97 Å². The van der Waals surface area contributed by atoms with Crippen LogP contribution in [0.15, 0.2) is 12.2 Å². The maximum Gasteiger partial charge on any atom is 0.330 e. The van der Waals surface area contributed by atoms with Crippen LogP contribution in [0.5, 0.6) is 0 Å². The minimum atomic E-state index is -0.259. The van der Waals surface area contributed by atoms with E-state index >= 15 is 0 Å². The highest BCUT2D eigenvalue weighted by atomic mass is 16.5. The molecule has 0 bridgehead atoms. The summed E-state index contributed by atoms with van der Waals surface area (Å²) >= 11 is 0. The van der Waals surface area contributed by atoms with E-state index in [0.717, 1.165) is 6.42 Å². The fourth-order valence-electron chi connectivity index (χ4n) is 1.30. The van der Waals surface area contributed by atoms with Crippen molar-refractivity contribution in [2.24, 2.45) is 5.92 Å². The van der Waals surface area contributed by atoms with Gasteiger partial charge in [-0.05, 0) is 12.3 Å². The Hall–Kier alpha value is -0.790. The summed E-state index contributed by atoms with van der Waals surface area (Å²) in [5.41, 5.74) is 0. The summed E-state index contributed by atoms with van der Waals surface area (Å²) in [5.74, 6) is 0.219. The smallest absolute Gasteiger partial charge is 0.330 e. The van der Waals surface area contributed by atoms with Crippen LogP contribution >= 0.6 is 0 Å². The Morgan fingerprint density at radius 3 is 2.64 bits per heavy atom. The molecule has 0 saturated carbocycles. The summed E-state index contributed by atoms with van der Waals surface area (Å²) in [5, 5.41) is 0. The number of carbonyl (C=O) groups excluding carboxylic acids is 1. The highest BCUT2D eigenvalue weighted by molar-refractivity contribution is 5.81. The lowest BCUT2D eigenvalue weighted by atomic mass is 10.0. The molecule has 0 aliphatic heterocycles. The predicted molar refractivity (Wildman–Crippen MR) is 59.1 cm³/mol. The van der Waals surface area contributed by atoms with Gasteiger partial charge in [-0.2, -0.15) is 0 Å². The Balaban J connectivity index is 3.49. The van der Waals surface area contributed by atoms with Crippen molar-refractivity contribution in [2.45, 2.75) is 46.0 Å². The van der Waals surface area contributed by atoms with Crippen LogP contribution < -0.4 is 0 Å². The van der Waals surface area contributed by atoms with Gasteiger partial charge in [0.25, 0.3) is 0 Å². The van der Waals surface area contributed by atoms with E-state index < -0.39 is 0 Å². The van der Waals surface area contributed by atoms with Crippen LogP contribution in [0.3, 0.4) is 0 Å². The molecule has 2 nitrogen and oxygen atoms in total. The maximum absolute atomic E-state index is 10.8. The van der Waals surface area contributed by atoms with E-state index in [0.29, 0.717) is 5.92 Å². The quantitative estimate of drug-likeness (QED) is 0.356. The van der Waals surface area contributed by atoms with Crippen molar-refractivity contribution >= 4 is 5.97 Å². The molecule has 0 fully saturated rings. The van der Waals surface area contributed by atoms with E-state index in [1.54, 1.807) is 0 Å². The minimum absolute atomic E-state index is 0.259. The van der Waals surface area contributed by atoms with Crippen LogP contribution in [-0.2, 0) is 9.53 Å². The van der Waals surface area contributed by atoms with Gasteiger partial charge in [0, 0.05) is 6.08 Å². The van der Waals surface area contributed by atoms with Crippen molar-refractivity contribution < 1.29 is 9.53 Å². The normalized spacial score (nSPS) is 13.1. The second kappa shape index (κ2) is 8.79. The second-order valence-electron chi connectivity index (χ2n) is 3.71. The molecule has 0 saturated heterocycles. The zero-order valence-electron chi connectivity index (χ0n) is 9.58. The zero-order chi connectivity index (χ0) is 10.8. The van der Waals surface area contributed by atoms with Crippen LogP contribution in [0.25, 0.3) is 0 Å². The van der Waals surface area contributed by atoms with Gasteiger partial charge in [-0.15, -0.1) is 0 Å². The molecule has 0 aliphatic carbocycles. The lowest BCUT2D eigenvalue weighted by Gasteiger charge is -2.04. The van der Waals surface area contributed by atoms with Crippen LogP contribution in [0.2, 0.25) is 0 Å². The molecular formula is C12H22O2. The molecule has 2 heteroatoms. The monoisotopic (exact) mass is 198 g/mol. The van der Waals surface area contributed by atoms with Gasteiger partial charge in [-0.25, -0.2) is 4.79 Å². The number of allylic oxidation sites excluding steroid dienone is 1. The highest BCUT2D eigenvalue weighted by Crippen LogP contribution is 2.11. The van der Waals surface area contributed by atoms with Gasteiger partial charge in [0.1, 0.15) is 0 Å². The average Bonchev–Trinajstić information content (AvgIpc) is 2.21. The fraction of sp³-hybridized carbons (Fsp3) is 0.750. The Morgan fingerprint density at radius 2 is 2.07 bits per heavy atom. The van der Waals surface area contributed by atoms with Gasteiger partial charge in [0.2, 0.25) is 0 Å². The number of unbranched alkanes of at least 4 members (excludes halogenated alkanes) is 3. The minimum Gasteiger partial charge on any atom is -0.466 e. The van der Waals surface area contributed by atoms with E-state index in [1.807, 2.05) is 6.08 Å². The van der Waals surface area contributed by atoms with Gasteiger partial charge in [-0.3, -0.25) is 0 Å². The predicted octanol–water partition coefficient (Wildman–Crippen LogP) is 3.32. The number of methoxy groups -OCH3 is 1. The first-order valence-electron chi connectivity index (χ1n) is 5.46. The molecule has 0 radical (unpaired) electrons. The first-order chi connectivity index (χ1) is 6.70. The third kappa shape index (κ3) is 7.84. The number of hydrogen-bond acceptors (Lipinski definition) is 2. The van der Waals surface area contributed by atoms with Crippen molar-refractivity contribution in [3.8, 4) is 0 Å². The lowest BCUT2D eigenvalue weighted by Crippen LogP contribution is -1.96. The van der Waals surface area contributed by atoms with Crippen LogP contribution in [0, 0.1) is 5.92 Å². The van der Waals surface area contributed by atoms with Crippen LogP contribution in [0.4, 0.5) is 0 Å². The lowest BCUT2D eigenvalue weighted by molar-refractivity contribution is -0.134. The number of ether oxygens (including phenoxy) is 1. The largest absolute Gasteiger partial charge is 0.466 e. The number of carbonyl (C=O) groups is 1. The van der Waals surface area contributed by atoms with Crippen molar-refractivity contribution in [1.29, 1.82) is 0 Å². The molecule has 1 atom stereocenters. The summed E-state index contributed by atoms with van der Waals surface area (Å²) in [6, 6.07) is 0. The molecule has 14 heavy (non-hydrogen) atoms. The molecular weight excluding hydrogens is 176 g/mol. The number of hydrogen-bond donors (Lipinski definition) is 0. The van der Waals surface area contributed by atoms with Gasteiger partial charge in [0.15, 0.2) is 0 Å². The number of rotatable bonds is 7. The van der Waals surface area contributed by atoms with Gasteiger partial charge in [-0.1, -0.05) is 45.6 Å².